The molecule has 1 aliphatic rings. The molecule has 0 unspecified atom stereocenters. The molecule has 7 nitrogen and oxygen atoms in total. The van der Waals surface area contributed by atoms with E-state index in [1.807, 2.05) is 0 Å². The highest BCUT2D eigenvalue weighted by Crippen LogP contribution is 2.37. The summed E-state index contributed by atoms with van der Waals surface area (Å²) in [7, 11) is 1.77. The highest BCUT2D eigenvalue weighted by atomic mass is 19.1. The fourth-order valence-electron chi connectivity index (χ4n) is 3.53. The summed E-state index contributed by atoms with van der Waals surface area (Å²) in [6.45, 7) is 0.616. The number of halogens is 1. The molecule has 1 aliphatic heterocycles. The second-order valence-corrected chi connectivity index (χ2v) is 6.60. The number of nitrogens with zero attached hydrogens (tertiary/aromatic N) is 5. The van der Waals surface area contributed by atoms with Gasteiger partial charge in [-0.2, -0.15) is 5.10 Å². The molecular weight excluding hydrogens is 347 g/mol. The van der Waals surface area contributed by atoms with Crippen LogP contribution >= 0.6 is 0 Å². The van der Waals surface area contributed by atoms with Crippen molar-refractivity contribution in [2.45, 2.75) is 18.9 Å². The third-order valence-electron chi connectivity index (χ3n) is 4.75. The molecule has 0 radical (unpaired) electrons. The number of anilines is 1. The Kier molecular flexibility index (Phi) is 4.31. The number of aryl methyl sites for hydroxylation is 1. The molecule has 8 heteroatoms. The van der Waals surface area contributed by atoms with Crippen LogP contribution in [0.4, 0.5) is 10.3 Å². The van der Waals surface area contributed by atoms with E-state index in [4.69, 9.17) is 5.73 Å². The summed E-state index contributed by atoms with van der Waals surface area (Å²) in [4.78, 5) is 23.2. The number of benzene rings is 1. The van der Waals surface area contributed by atoms with E-state index < -0.39 is 0 Å². The van der Waals surface area contributed by atoms with Crippen molar-refractivity contribution in [1.29, 1.82) is 0 Å². The molecule has 138 valence electrons. The highest BCUT2D eigenvalue weighted by Gasteiger charge is 2.34. The average Bonchev–Trinajstić information content (AvgIpc) is 3.30. The Labute approximate surface area is 155 Å². The molecule has 3 heterocycles. The van der Waals surface area contributed by atoms with Crippen molar-refractivity contribution < 1.29 is 9.18 Å². The van der Waals surface area contributed by atoms with Gasteiger partial charge in [-0.15, -0.1) is 0 Å². The van der Waals surface area contributed by atoms with Crippen molar-refractivity contribution in [2.75, 3.05) is 12.3 Å². The maximum Gasteiger partial charge on any atom is 0.257 e. The molecule has 1 amide bonds. The van der Waals surface area contributed by atoms with Crippen LogP contribution < -0.4 is 5.73 Å². The van der Waals surface area contributed by atoms with E-state index in [0.717, 1.165) is 12.8 Å². The first-order chi connectivity index (χ1) is 13.0. The van der Waals surface area contributed by atoms with Gasteiger partial charge in [0.05, 0.1) is 23.5 Å². The van der Waals surface area contributed by atoms with E-state index in [1.165, 1.54) is 12.1 Å². The largest absolute Gasteiger partial charge is 0.368 e. The van der Waals surface area contributed by atoms with Gasteiger partial charge in [0.2, 0.25) is 5.95 Å². The van der Waals surface area contributed by atoms with E-state index in [-0.39, 0.29) is 23.7 Å². The van der Waals surface area contributed by atoms with Crippen LogP contribution in [0.5, 0.6) is 0 Å². The maximum atomic E-state index is 13.7. The van der Waals surface area contributed by atoms with Crippen LogP contribution in [-0.2, 0) is 7.05 Å². The van der Waals surface area contributed by atoms with Gasteiger partial charge in [0.25, 0.3) is 5.91 Å². The molecule has 0 bridgehead atoms. The van der Waals surface area contributed by atoms with E-state index in [1.54, 1.807) is 47.4 Å². The quantitative estimate of drug-likeness (QED) is 0.769. The fraction of sp³-hybridized carbons (Fsp3) is 0.263. The second kappa shape index (κ2) is 6.79. The number of nitrogen functional groups attached to an aromatic ring is 1. The number of hydrogen-bond donors (Lipinski definition) is 1. The van der Waals surface area contributed by atoms with Crippen LogP contribution in [-0.4, -0.2) is 37.1 Å². The summed E-state index contributed by atoms with van der Waals surface area (Å²) in [5.74, 6) is -0.316. The Morgan fingerprint density at radius 3 is 2.93 bits per heavy atom. The van der Waals surface area contributed by atoms with Gasteiger partial charge in [-0.1, -0.05) is 12.1 Å². The molecule has 0 aliphatic carbocycles. The van der Waals surface area contributed by atoms with E-state index >= 15 is 0 Å². The minimum Gasteiger partial charge on any atom is -0.368 e. The number of hydrogen-bond acceptors (Lipinski definition) is 5. The standard InChI is InChI=1S/C19H19FN6O/c1-25-11-13(9-23-25)18(27)26-7-3-6-16(26)17-15(10-22-19(21)24-17)12-4-2-5-14(20)8-12/h2,4-5,8-11,16H,3,6-7H2,1H3,(H2,21,22,24)/t16-/m0/s1. The first-order valence-electron chi connectivity index (χ1n) is 8.71. The zero-order valence-corrected chi connectivity index (χ0v) is 14.8. The zero-order chi connectivity index (χ0) is 19.0. The lowest BCUT2D eigenvalue weighted by Gasteiger charge is -2.25. The zero-order valence-electron chi connectivity index (χ0n) is 14.8. The maximum absolute atomic E-state index is 13.7. The summed E-state index contributed by atoms with van der Waals surface area (Å²) in [5.41, 5.74) is 8.33. The fourth-order valence-corrected chi connectivity index (χ4v) is 3.53. The lowest BCUT2D eigenvalue weighted by atomic mass is 9.99. The summed E-state index contributed by atoms with van der Waals surface area (Å²) in [6, 6.07) is 6.00. The Balaban J connectivity index is 1.75. The Morgan fingerprint density at radius 1 is 1.33 bits per heavy atom. The van der Waals surface area contributed by atoms with Crippen LogP contribution in [0.25, 0.3) is 11.1 Å². The van der Waals surface area contributed by atoms with Crippen LogP contribution in [0.3, 0.4) is 0 Å². The highest BCUT2D eigenvalue weighted by molar-refractivity contribution is 5.94. The number of rotatable bonds is 3. The molecule has 27 heavy (non-hydrogen) atoms. The van der Waals surface area contributed by atoms with Crippen molar-refractivity contribution in [3.63, 3.8) is 0 Å². The molecule has 1 fully saturated rings. The van der Waals surface area contributed by atoms with Crippen molar-refractivity contribution in [3.05, 3.63) is 59.9 Å². The lowest BCUT2D eigenvalue weighted by molar-refractivity contribution is 0.0733. The summed E-state index contributed by atoms with van der Waals surface area (Å²) >= 11 is 0. The van der Waals surface area contributed by atoms with Gasteiger partial charge in [-0.25, -0.2) is 14.4 Å². The number of likely N-dealkylation sites (tertiary alicyclic amines) is 1. The molecule has 3 aromatic rings. The number of carbonyl (C=O) groups is 1. The normalized spacial score (nSPS) is 16.7. The Morgan fingerprint density at radius 2 is 2.19 bits per heavy atom. The smallest absolute Gasteiger partial charge is 0.257 e. The van der Waals surface area contributed by atoms with Gasteiger partial charge in [0.1, 0.15) is 5.82 Å². The molecule has 1 saturated heterocycles. The Bertz CT molecular complexity index is 1000. The molecule has 1 aromatic carbocycles. The molecule has 2 aromatic heterocycles. The van der Waals surface area contributed by atoms with E-state index in [9.17, 15) is 9.18 Å². The van der Waals surface area contributed by atoms with Gasteiger partial charge in [0, 0.05) is 31.5 Å². The summed E-state index contributed by atoms with van der Waals surface area (Å²) in [5, 5.41) is 4.08. The minimum absolute atomic E-state index is 0.104. The number of nitrogens with two attached hydrogens (primary N) is 1. The Hall–Kier alpha value is -3.29. The van der Waals surface area contributed by atoms with Crippen molar-refractivity contribution in [2.24, 2.45) is 7.05 Å². The summed E-state index contributed by atoms with van der Waals surface area (Å²) < 4.78 is 15.3. The second-order valence-electron chi connectivity index (χ2n) is 6.60. The molecule has 0 spiro atoms. The van der Waals surface area contributed by atoms with Gasteiger partial charge >= 0.3 is 0 Å². The van der Waals surface area contributed by atoms with Crippen molar-refractivity contribution >= 4 is 11.9 Å². The lowest BCUT2D eigenvalue weighted by Crippen LogP contribution is -2.31. The topological polar surface area (TPSA) is 89.9 Å². The van der Waals surface area contributed by atoms with Crippen LogP contribution in [0, 0.1) is 5.82 Å². The van der Waals surface area contributed by atoms with Gasteiger partial charge in [-0.3, -0.25) is 9.48 Å². The predicted octanol–water partition coefficient (Wildman–Crippen LogP) is 2.58. The number of carbonyl (C=O) groups excluding carboxylic acids is 1. The monoisotopic (exact) mass is 366 g/mol. The van der Waals surface area contributed by atoms with Gasteiger partial charge in [0.15, 0.2) is 0 Å². The third kappa shape index (κ3) is 3.25. The van der Waals surface area contributed by atoms with Crippen LogP contribution in [0.2, 0.25) is 0 Å². The molecule has 1 atom stereocenters. The SMILES string of the molecule is Cn1cc(C(=O)N2CCC[C@H]2c2nc(N)ncc2-c2cccc(F)c2)cn1. The number of aromatic nitrogens is 4. The average molecular weight is 366 g/mol. The molecule has 2 N–H and O–H groups in total. The van der Waals surface area contributed by atoms with Crippen LogP contribution in [0.1, 0.15) is 34.9 Å². The first kappa shape index (κ1) is 17.1. The van der Waals surface area contributed by atoms with Crippen molar-refractivity contribution in [3.8, 4) is 11.1 Å². The molecule has 4 rings (SSSR count). The summed E-state index contributed by atoms with van der Waals surface area (Å²) in [6.07, 6.45) is 6.45. The van der Waals surface area contributed by atoms with Gasteiger partial charge in [-0.05, 0) is 30.5 Å². The van der Waals surface area contributed by atoms with Crippen molar-refractivity contribution in [1.82, 2.24) is 24.6 Å². The van der Waals surface area contributed by atoms with E-state index in [0.29, 0.717) is 28.9 Å². The first-order valence-corrected chi connectivity index (χ1v) is 8.71. The van der Waals surface area contributed by atoms with Crippen LogP contribution in [0.15, 0.2) is 42.9 Å². The van der Waals surface area contributed by atoms with E-state index in [2.05, 4.69) is 15.1 Å². The molecule has 0 saturated carbocycles. The third-order valence-corrected chi connectivity index (χ3v) is 4.75. The number of amides is 1. The predicted molar refractivity (Wildman–Crippen MR) is 98.1 cm³/mol. The molecular formula is C19H19FN6O. The van der Waals surface area contributed by atoms with Gasteiger partial charge < -0.3 is 10.6 Å². The minimum atomic E-state index is -0.343.